The zero-order chi connectivity index (χ0) is 16.3. The molecule has 0 saturated heterocycles. The summed E-state index contributed by atoms with van der Waals surface area (Å²) in [4.78, 5) is 25.4. The van der Waals surface area contributed by atoms with Gasteiger partial charge in [0, 0.05) is 6.54 Å². The van der Waals surface area contributed by atoms with E-state index in [0.29, 0.717) is 6.54 Å². The molecule has 1 aliphatic heterocycles. The molecular formula is C16H20ClNO4. The molecule has 0 unspecified atom stereocenters. The number of rotatable bonds is 3. The number of hydrogen-bond donors (Lipinski definition) is 0. The van der Waals surface area contributed by atoms with Crippen LogP contribution in [0.25, 0.3) is 0 Å². The summed E-state index contributed by atoms with van der Waals surface area (Å²) in [5, 5.41) is 0. The number of alkyl halides is 1. The van der Waals surface area contributed by atoms with Crippen molar-refractivity contribution in [3.8, 4) is 0 Å². The number of anilines is 1. The fraction of sp³-hybridized carbons (Fsp3) is 0.500. The van der Waals surface area contributed by atoms with Gasteiger partial charge in [-0.3, -0.25) is 9.69 Å². The number of esters is 1. The van der Waals surface area contributed by atoms with Gasteiger partial charge in [-0.2, -0.15) is 0 Å². The zero-order valence-electron chi connectivity index (χ0n) is 13.0. The molecule has 22 heavy (non-hydrogen) atoms. The Hall–Kier alpha value is -1.75. The number of ether oxygens (including phenoxy) is 2. The summed E-state index contributed by atoms with van der Waals surface area (Å²) in [6.07, 6.45) is 0.537. The van der Waals surface area contributed by atoms with Gasteiger partial charge in [-0.15, -0.1) is 0 Å². The molecule has 2 rings (SSSR count). The van der Waals surface area contributed by atoms with Crippen LogP contribution < -0.4 is 4.90 Å². The smallest absolute Gasteiger partial charge is 0.414 e. The Kier molecular flexibility index (Phi) is 4.96. The van der Waals surface area contributed by atoms with Crippen molar-refractivity contribution in [3.63, 3.8) is 0 Å². The van der Waals surface area contributed by atoms with Crippen molar-refractivity contribution in [1.29, 1.82) is 0 Å². The van der Waals surface area contributed by atoms with Crippen LogP contribution in [0.4, 0.5) is 10.5 Å². The first-order valence-electron chi connectivity index (χ1n) is 7.14. The van der Waals surface area contributed by atoms with Crippen molar-refractivity contribution in [1.82, 2.24) is 0 Å². The van der Waals surface area contributed by atoms with Crippen LogP contribution in [0.5, 0.6) is 0 Å². The lowest BCUT2D eigenvalue weighted by atomic mass is 10.1. The van der Waals surface area contributed by atoms with Crippen LogP contribution >= 0.6 is 11.6 Å². The number of amides is 1. The Morgan fingerprint density at radius 3 is 2.68 bits per heavy atom. The Bertz CT molecular complexity index is 580. The maximum Gasteiger partial charge on any atom is 0.414 e. The molecule has 0 atom stereocenters. The lowest BCUT2D eigenvalue weighted by Crippen LogP contribution is -2.35. The summed E-state index contributed by atoms with van der Waals surface area (Å²) in [5.41, 5.74) is 2.11. The Labute approximate surface area is 135 Å². The van der Waals surface area contributed by atoms with Crippen LogP contribution in [0.15, 0.2) is 18.2 Å². The molecule has 6 heteroatoms. The second-order valence-corrected chi connectivity index (χ2v) is 6.37. The molecule has 0 N–H and O–H groups in total. The molecule has 1 aliphatic rings. The van der Waals surface area contributed by atoms with Crippen LogP contribution in [0.1, 0.15) is 31.9 Å². The minimum absolute atomic E-state index is 0.127. The van der Waals surface area contributed by atoms with Gasteiger partial charge in [0.2, 0.25) is 0 Å². The largest absolute Gasteiger partial charge is 0.449 e. The van der Waals surface area contributed by atoms with Gasteiger partial charge in [-0.25, -0.2) is 4.79 Å². The van der Waals surface area contributed by atoms with Gasteiger partial charge < -0.3 is 9.47 Å². The molecule has 5 nitrogen and oxygen atoms in total. The average Bonchev–Trinajstić information content (AvgIpc) is 2.80. The fourth-order valence-corrected chi connectivity index (χ4v) is 2.44. The van der Waals surface area contributed by atoms with Crippen LogP contribution in [0, 0.1) is 0 Å². The monoisotopic (exact) mass is 325 g/mol. The standard InChI is InChI=1S/C16H20ClNO4/c1-16(2,3)22-15(20)18-7-6-12-5-4-11(8-13(12)18)9-14(19)21-10-17/h4-5,8H,6-7,9-10H2,1-3H3. The highest BCUT2D eigenvalue weighted by atomic mass is 35.5. The normalized spacial score (nSPS) is 13.7. The molecule has 0 aliphatic carbocycles. The van der Waals surface area contributed by atoms with Gasteiger partial charge in [0.1, 0.15) is 5.60 Å². The number of carbonyl (C=O) groups excluding carboxylic acids is 2. The highest BCUT2D eigenvalue weighted by Gasteiger charge is 2.29. The predicted octanol–water partition coefficient (Wildman–Crippen LogP) is 3.27. The first-order chi connectivity index (χ1) is 10.3. The fourth-order valence-electron chi connectivity index (χ4n) is 2.32. The van der Waals surface area contributed by atoms with E-state index in [9.17, 15) is 9.59 Å². The third-order valence-corrected chi connectivity index (χ3v) is 3.33. The van der Waals surface area contributed by atoms with E-state index >= 15 is 0 Å². The molecular weight excluding hydrogens is 306 g/mol. The number of hydrogen-bond acceptors (Lipinski definition) is 4. The lowest BCUT2D eigenvalue weighted by Gasteiger charge is -2.25. The first kappa shape index (κ1) is 16.6. The quantitative estimate of drug-likeness (QED) is 0.632. The van der Waals surface area contributed by atoms with Crippen LogP contribution in [0.2, 0.25) is 0 Å². The summed E-state index contributed by atoms with van der Waals surface area (Å²) >= 11 is 5.37. The SMILES string of the molecule is CC(C)(C)OC(=O)N1CCc2ccc(CC(=O)OCCl)cc21. The van der Waals surface area contributed by atoms with Gasteiger partial charge in [0.15, 0.2) is 6.07 Å². The lowest BCUT2D eigenvalue weighted by molar-refractivity contribution is -0.140. The summed E-state index contributed by atoms with van der Waals surface area (Å²) < 4.78 is 10.1. The van der Waals surface area contributed by atoms with Crippen molar-refractivity contribution >= 4 is 29.4 Å². The molecule has 0 fully saturated rings. The molecule has 0 spiro atoms. The highest BCUT2D eigenvalue weighted by molar-refractivity contribution is 6.17. The van der Waals surface area contributed by atoms with Crippen molar-refractivity contribution in [3.05, 3.63) is 29.3 Å². The average molecular weight is 326 g/mol. The molecule has 0 saturated carbocycles. The van der Waals surface area contributed by atoms with Crippen LogP contribution in [-0.2, 0) is 27.1 Å². The minimum atomic E-state index is -0.540. The van der Waals surface area contributed by atoms with E-state index in [2.05, 4.69) is 0 Å². The summed E-state index contributed by atoms with van der Waals surface area (Å²) in [6, 6.07) is 5.48. The third kappa shape index (κ3) is 4.13. The Morgan fingerprint density at radius 2 is 2.05 bits per heavy atom. The van der Waals surface area contributed by atoms with E-state index in [-0.39, 0.29) is 18.6 Å². The molecule has 1 heterocycles. The van der Waals surface area contributed by atoms with E-state index < -0.39 is 11.6 Å². The number of fused-ring (bicyclic) bond motifs is 1. The van der Waals surface area contributed by atoms with Gasteiger partial charge in [0.05, 0.1) is 12.1 Å². The minimum Gasteiger partial charge on any atom is -0.449 e. The first-order valence-corrected chi connectivity index (χ1v) is 7.67. The van der Waals surface area contributed by atoms with Gasteiger partial charge in [-0.05, 0) is 44.4 Å². The molecule has 0 bridgehead atoms. The number of halogens is 1. The maximum atomic E-state index is 12.3. The van der Waals surface area contributed by atoms with Crippen molar-refractivity contribution in [2.45, 2.75) is 39.2 Å². The van der Waals surface area contributed by atoms with E-state index in [1.807, 2.05) is 39.0 Å². The van der Waals surface area contributed by atoms with Gasteiger partial charge in [0.25, 0.3) is 0 Å². The van der Waals surface area contributed by atoms with Gasteiger partial charge >= 0.3 is 12.1 Å². The second kappa shape index (κ2) is 6.57. The molecule has 0 aromatic heterocycles. The second-order valence-electron chi connectivity index (χ2n) is 6.15. The maximum absolute atomic E-state index is 12.3. The number of nitrogens with zero attached hydrogens (tertiary/aromatic N) is 1. The summed E-state index contributed by atoms with van der Waals surface area (Å²) in [6.45, 7) is 6.08. The molecule has 1 amide bonds. The van der Waals surface area contributed by atoms with E-state index in [1.165, 1.54) is 0 Å². The number of benzene rings is 1. The zero-order valence-corrected chi connectivity index (χ0v) is 13.8. The summed E-state index contributed by atoms with van der Waals surface area (Å²) in [5.74, 6) is -0.392. The molecule has 0 radical (unpaired) electrons. The molecule has 1 aromatic rings. The topological polar surface area (TPSA) is 55.8 Å². The van der Waals surface area contributed by atoms with E-state index in [4.69, 9.17) is 21.1 Å². The van der Waals surface area contributed by atoms with Crippen molar-refractivity contribution in [2.75, 3.05) is 17.5 Å². The van der Waals surface area contributed by atoms with E-state index in [0.717, 1.165) is 23.2 Å². The predicted molar refractivity (Wildman–Crippen MR) is 84.2 cm³/mol. The van der Waals surface area contributed by atoms with Crippen molar-refractivity contribution < 1.29 is 19.1 Å². The van der Waals surface area contributed by atoms with Gasteiger partial charge in [-0.1, -0.05) is 23.7 Å². The van der Waals surface area contributed by atoms with Crippen molar-refractivity contribution in [2.24, 2.45) is 0 Å². The Morgan fingerprint density at radius 1 is 1.32 bits per heavy atom. The van der Waals surface area contributed by atoms with Crippen LogP contribution in [-0.4, -0.2) is 30.3 Å². The molecule has 1 aromatic carbocycles. The van der Waals surface area contributed by atoms with E-state index in [1.54, 1.807) is 4.90 Å². The highest BCUT2D eigenvalue weighted by Crippen LogP contribution is 2.30. The third-order valence-electron chi connectivity index (χ3n) is 3.22. The van der Waals surface area contributed by atoms with Crippen LogP contribution in [0.3, 0.4) is 0 Å². The summed E-state index contributed by atoms with van der Waals surface area (Å²) in [7, 11) is 0. The Balaban J connectivity index is 2.15. The molecule has 120 valence electrons. The number of carbonyl (C=O) groups is 2.